The molecule has 1 atom stereocenters. The third kappa shape index (κ3) is 4.02. The van der Waals surface area contributed by atoms with Gasteiger partial charge in [0.25, 0.3) is 0 Å². The minimum absolute atomic E-state index is 0.108. The number of halogens is 1. The first kappa shape index (κ1) is 14.0. The second-order valence-electron chi connectivity index (χ2n) is 3.42. The van der Waals surface area contributed by atoms with Crippen LogP contribution in [0.25, 0.3) is 0 Å². The van der Waals surface area contributed by atoms with Gasteiger partial charge < -0.3 is 9.84 Å². The first-order valence-electron chi connectivity index (χ1n) is 5.31. The van der Waals surface area contributed by atoms with Gasteiger partial charge >= 0.3 is 5.97 Å². The first-order valence-corrected chi connectivity index (χ1v) is 6.29. The molecule has 0 amide bonds. The Hall–Kier alpha value is -1.07. The molecule has 3 nitrogen and oxygen atoms in total. The average molecular weight is 258 g/mol. The van der Waals surface area contributed by atoms with Gasteiger partial charge in [0.2, 0.25) is 0 Å². The van der Waals surface area contributed by atoms with E-state index in [0.717, 1.165) is 11.8 Å². The zero-order valence-electron chi connectivity index (χ0n) is 9.77. The fraction of sp³-hybridized carbons (Fsp3) is 0.417. The molecule has 0 aliphatic heterocycles. The molecule has 5 heteroatoms. The number of esters is 1. The van der Waals surface area contributed by atoms with Crippen molar-refractivity contribution in [2.24, 2.45) is 0 Å². The largest absolute Gasteiger partial charge is 0.465 e. The zero-order chi connectivity index (χ0) is 12.8. The van der Waals surface area contributed by atoms with Gasteiger partial charge in [-0.3, -0.25) is 4.79 Å². The Bertz CT molecular complexity index is 393. The topological polar surface area (TPSA) is 46.5 Å². The van der Waals surface area contributed by atoms with Crippen LogP contribution in [0.2, 0.25) is 0 Å². The maximum atomic E-state index is 13.5. The fourth-order valence-corrected chi connectivity index (χ4v) is 2.34. The van der Waals surface area contributed by atoms with Crippen molar-refractivity contribution >= 4 is 17.7 Å². The van der Waals surface area contributed by atoms with Gasteiger partial charge in [-0.1, -0.05) is 6.07 Å². The molecule has 17 heavy (non-hydrogen) atoms. The summed E-state index contributed by atoms with van der Waals surface area (Å²) in [7, 11) is 0. The third-order valence-corrected chi connectivity index (χ3v) is 3.13. The second kappa shape index (κ2) is 6.61. The van der Waals surface area contributed by atoms with Crippen LogP contribution < -0.4 is 0 Å². The van der Waals surface area contributed by atoms with Gasteiger partial charge in [0.1, 0.15) is 5.82 Å². The Morgan fingerprint density at radius 1 is 1.59 bits per heavy atom. The standard InChI is InChI=1S/C12H15FO3S/c1-3-16-11(15)7-17-10-6-4-5-9(13)12(10)8(2)14/h4-6,8,14H,3,7H2,1-2H3/t8-/m0/s1. The molecule has 0 heterocycles. The maximum Gasteiger partial charge on any atom is 0.316 e. The predicted molar refractivity (Wildman–Crippen MR) is 64.4 cm³/mol. The second-order valence-corrected chi connectivity index (χ2v) is 4.44. The van der Waals surface area contributed by atoms with Crippen LogP contribution in [0, 0.1) is 5.82 Å². The molecule has 0 aromatic heterocycles. The minimum atomic E-state index is -0.902. The van der Waals surface area contributed by atoms with Crippen LogP contribution in [-0.2, 0) is 9.53 Å². The average Bonchev–Trinajstić information content (AvgIpc) is 2.26. The SMILES string of the molecule is CCOC(=O)CSc1cccc(F)c1[C@H](C)O. The van der Waals surface area contributed by atoms with Gasteiger partial charge in [0.15, 0.2) is 0 Å². The number of benzene rings is 1. The Kier molecular flexibility index (Phi) is 5.44. The van der Waals surface area contributed by atoms with Crippen molar-refractivity contribution in [3.05, 3.63) is 29.6 Å². The smallest absolute Gasteiger partial charge is 0.316 e. The molecule has 1 aromatic carbocycles. The summed E-state index contributed by atoms with van der Waals surface area (Å²) >= 11 is 1.16. The summed E-state index contributed by atoms with van der Waals surface area (Å²) in [6.45, 7) is 3.55. The van der Waals surface area contributed by atoms with E-state index in [0.29, 0.717) is 11.5 Å². The van der Waals surface area contributed by atoms with Gasteiger partial charge in [0, 0.05) is 10.5 Å². The molecule has 0 unspecified atom stereocenters. The summed E-state index contributed by atoms with van der Waals surface area (Å²) in [5, 5.41) is 9.48. The predicted octanol–water partition coefficient (Wildman–Crippen LogP) is 2.53. The van der Waals surface area contributed by atoms with E-state index in [-0.39, 0.29) is 17.3 Å². The number of carbonyl (C=O) groups excluding carboxylic acids is 1. The van der Waals surface area contributed by atoms with E-state index in [4.69, 9.17) is 4.74 Å². The van der Waals surface area contributed by atoms with Gasteiger partial charge in [-0.05, 0) is 26.0 Å². The maximum absolute atomic E-state index is 13.5. The van der Waals surface area contributed by atoms with Crippen molar-refractivity contribution < 1.29 is 19.0 Å². The highest BCUT2D eigenvalue weighted by atomic mass is 32.2. The van der Waals surface area contributed by atoms with E-state index in [2.05, 4.69) is 0 Å². The summed E-state index contributed by atoms with van der Waals surface area (Å²) in [4.78, 5) is 11.7. The molecule has 0 radical (unpaired) electrons. The molecule has 0 saturated heterocycles. The van der Waals surface area contributed by atoms with Crippen LogP contribution in [0.15, 0.2) is 23.1 Å². The van der Waals surface area contributed by atoms with Crippen LogP contribution in [0.4, 0.5) is 4.39 Å². The lowest BCUT2D eigenvalue weighted by molar-refractivity contribution is -0.139. The number of aliphatic hydroxyl groups excluding tert-OH is 1. The van der Waals surface area contributed by atoms with E-state index >= 15 is 0 Å². The normalized spacial score (nSPS) is 12.2. The molecular weight excluding hydrogens is 243 g/mol. The van der Waals surface area contributed by atoms with E-state index in [1.54, 1.807) is 19.1 Å². The molecule has 0 bridgehead atoms. The molecule has 0 aliphatic carbocycles. The van der Waals surface area contributed by atoms with Crippen molar-refractivity contribution in [1.82, 2.24) is 0 Å². The molecule has 0 saturated carbocycles. The number of ether oxygens (including phenoxy) is 1. The van der Waals surface area contributed by atoms with Crippen molar-refractivity contribution in [3.8, 4) is 0 Å². The lowest BCUT2D eigenvalue weighted by Gasteiger charge is -2.12. The van der Waals surface area contributed by atoms with E-state index in [9.17, 15) is 14.3 Å². The molecule has 94 valence electrons. The zero-order valence-corrected chi connectivity index (χ0v) is 10.6. The van der Waals surface area contributed by atoms with E-state index in [1.165, 1.54) is 13.0 Å². The van der Waals surface area contributed by atoms with Crippen molar-refractivity contribution in [1.29, 1.82) is 0 Å². The van der Waals surface area contributed by atoms with Crippen LogP contribution in [-0.4, -0.2) is 23.4 Å². The number of rotatable bonds is 5. The summed E-state index contributed by atoms with van der Waals surface area (Å²) in [6, 6.07) is 4.51. The molecular formula is C12H15FO3S. The highest BCUT2D eigenvalue weighted by molar-refractivity contribution is 8.00. The summed E-state index contributed by atoms with van der Waals surface area (Å²) in [6.07, 6.45) is -0.902. The van der Waals surface area contributed by atoms with E-state index < -0.39 is 11.9 Å². The quantitative estimate of drug-likeness (QED) is 0.651. The highest BCUT2D eigenvalue weighted by Crippen LogP contribution is 2.29. The summed E-state index contributed by atoms with van der Waals surface area (Å²) in [5.74, 6) is -0.705. The Labute approximate surface area is 104 Å². The Morgan fingerprint density at radius 2 is 2.29 bits per heavy atom. The number of hydrogen-bond donors (Lipinski definition) is 1. The fourth-order valence-electron chi connectivity index (χ4n) is 1.39. The third-order valence-electron chi connectivity index (χ3n) is 2.08. The van der Waals surface area contributed by atoms with Crippen LogP contribution in [0.1, 0.15) is 25.5 Å². The summed E-state index contributed by atoms with van der Waals surface area (Å²) < 4.78 is 18.3. The van der Waals surface area contributed by atoms with Crippen LogP contribution in [0.5, 0.6) is 0 Å². The number of hydrogen-bond acceptors (Lipinski definition) is 4. The van der Waals surface area contributed by atoms with Crippen LogP contribution >= 0.6 is 11.8 Å². The molecule has 0 aliphatic rings. The lowest BCUT2D eigenvalue weighted by Crippen LogP contribution is -2.07. The van der Waals surface area contributed by atoms with Crippen molar-refractivity contribution in [3.63, 3.8) is 0 Å². The van der Waals surface area contributed by atoms with Crippen molar-refractivity contribution in [2.75, 3.05) is 12.4 Å². The Balaban J connectivity index is 2.77. The number of aliphatic hydroxyl groups is 1. The summed E-state index contributed by atoms with van der Waals surface area (Å²) in [5.41, 5.74) is 0.224. The molecule has 0 fully saturated rings. The Morgan fingerprint density at radius 3 is 2.88 bits per heavy atom. The molecule has 1 rings (SSSR count). The van der Waals surface area contributed by atoms with Gasteiger partial charge in [-0.2, -0.15) is 0 Å². The van der Waals surface area contributed by atoms with E-state index in [1.807, 2.05) is 0 Å². The molecule has 1 aromatic rings. The van der Waals surface area contributed by atoms with Crippen molar-refractivity contribution in [2.45, 2.75) is 24.8 Å². The van der Waals surface area contributed by atoms with Gasteiger partial charge in [0.05, 0.1) is 18.5 Å². The molecule has 1 N–H and O–H groups in total. The van der Waals surface area contributed by atoms with Gasteiger partial charge in [-0.15, -0.1) is 11.8 Å². The van der Waals surface area contributed by atoms with Crippen LogP contribution in [0.3, 0.4) is 0 Å². The number of carbonyl (C=O) groups is 1. The lowest BCUT2D eigenvalue weighted by atomic mass is 10.1. The number of thioether (sulfide) groups is 1. The molecule has 0 spiro atoms. The minimum Gasteiger partial charge on any atom is -0.465 e. The highest BCUT2D eigenvalue weighted by Gasteiger charge is 2.14. The first-order chi connectivity index (χ1) is 8.06. The monoisotopic (exact) mass is 258 g/mol. The van der Waals surface area contributed by atoms with Gasteiger partial charge in [-0.25, -0.2) is 4.39 Å².